The second kappa shape index (κ2) is 7.92. The molecule has 1 fully saturated rings. The number of morpholine rings is 1. The average molecular weight is 348 g/mol. The number of hydrogen-bond donors (Lipinski definition) is 0. The molecule has 2 aromatic heterocycles. The van der Waals surface area contributed by atoms with E-state index in [0.717, 1.165) is 18.2 Å². The number of likely N-dealkylation sites (N-methyl/N-ethyl adjacent to an activating group) is 1. The van der Waals surface area contributed by atoms with E-state index in [2.05, 4.69) is 28.4 Å². The Morgan fingerprint density at radius 3 is 2.96 bits per heavy atom. The number of aromatic nitrogens is 2. The predicted octanol–water partition coefficient (Wildman–Crippen LogP) is 2.26. The smallest absolute Gasteiger partial charge is 0.230 e. The van der Waals surface area contributed by atoms with Gasteiger partial charge < -0.3 is 14.2 Å². The van der Waals surface area contributed by atoms with Gasteiger partial charge in [0.15, 0.2) is 5.13 Å². The second-order valence-corrected chi connectivity index (χ2v) is 7.13. The van der Waals surface area contributed by atoms with Crippen molar-refractivity contribution in [3.63, 3.8) is 0 Å². The zero-order chi connectivity index (χ0) is 16.9. The van der Waals surface area contributed by atoms with Crippen LogP contribution in [-0.2, 0) is 9.53 Å². The van der Waals surface area contributed by atoms with Crippen molar-refractivity contribution in [3.05, 3.63) is 36.1 Å². The molecule has 0 N–H and O–H groups in total. The van der Waals surface area contributed by atoms with Crippen LogP contribution in [0, 0.1) is 0 Å². The van der Waals surface area contributed by atoms with E-state index in [-0.39, 0.29) is 18.1 Å². The molecule has 3 rings (SSSR count). The number of ether oxygens (including phenoxy) is 1. The number of thiazole rings is 1. The summed E-state index contributed by atoms with van der Waals surface area (Å²) in [6.07, 6.45) is 6.19. The highest BCUT2D eigenvalue weighted by Crippen LogP contribution is 2.22. The number of carbonyl (C=O) groups is 1. The molecule has 3 heterocycles. The molecule has 24 heavy (non-hydrogen) atoms. The lowest BCUT2D eigenvalue weighted by atomic mass is 10.2. The number of nitrogens with zero attached hydrogens (tertiary/aromatic N) is 4. The number of anilines is 1. The van der Waals surface area contributed by atoms with Gasteiger partial charge in [-0.1, -0.05) is 0 Å². The van der Waals surface area contributed by atoms with Crippen molar-refractivity contribution in [2.24, 2.45) is 0 Å². The van der Waals surface area contributed by atoms with E-state index >= 15 is 0 Å². The summed E-state index contributed by atoms with van der Waals surface area (Å²) in [6.45, 7) is 5.09. The first-order valence-corrected chi connectivity index (χ1v) is 9.14. The van der Waals surface area contributed by atoms with E-state index in [4.69, 9.17) is 4.74 Å². The summed E-state index contributed by atoms with van der Waals surface area (Å²) in [7, 11) is 2.08. The SMILES string of the molecule is C[C@@H](CC(=O)N(C[C@@H]1CN(C)CCO1)c1nccs1)n1cccc1. The van der Waals surface area contributed by atoms with Crippen LogP contribution in [0.1, 0.15) is 19.4 Å². The molecule has 0 unspecified atom stereocenters. The van der Waals surface area contributed by atoms with Crippen LogP contribution in [0.4, 0.5) is 5.13 Å². The molecular weight excluding hydrogens is 324 g/mol. The molecule has 2 atom stereocenters. The van der Waals surface area contributed by atoms with E-state index in [1.54, 1.807) is 11.1 Å². The molecule has 0 spiro atoms. The quantitative estimate of drug-likeness (QED) is 0.803. The van der Waals surface area contributed by atoms with Crippen LogP contribution in [0.3, 0.4) is 0 Å². The van der Waals surface area contributed by atoms with Gasteiger partial charge in [-0.25, -0.2) is 4.98 Å². The molecule has 0 bridgehead atoms. The zero-order valence-electron chi connectivity index (χ0n) is 14.2. The van der Waals surface area contributed by atoms with Gasteiger partial charge in [-0.05, 0) is 26.1 Å². The van der Waals surface area contributed by atoms with E-state index in [9.17, 15) is 4.79 Å². The summed E-state index contributed by atoms with van der Waals surface area (Å²) in [5, 5.41) is 2.65. The van der Waals surface area contributed by atoms with E-state index in [0.29, 0.717) is 19.6 Å². The monoisotopic (exact) mass is 348 g/mol. The van der Waals surface area contributed by atoms with Crippen molar-refractivity contribution in [1.82, 2.24) is 14.5 Å². The van der Waals surface area contributed by atoms with Gasteiger partial charge in [0.1, 0.15) is 0 Å². The summed E-state index contributed by atoms with van der Waals surface area (Å²) in [5.74, 6) is 0.0861. The Hall–Kier alpha value is -1.70. The normalized spacial score (nSPS) is 20.0. The first kappa shape index (κ1) is 17.1. The van der Waals surface area contributed by atoms with Crippen LogP contribution >= 0.6 is 11.3 Å². The van der Waals surface area contributed by atoms with Gasteiger partial charge in [0.2, 0.25) is 5.91 Å². The highest BCUT2D eigenvalue weighted by atomic mass is 32.1. The molecule has 0 radical (unpaired) electrons. The molecule has 1 aliphatic rings. The molecule has 1 amide bonds. The van der Waals surface area contributed by atoms with Gasteiger partial charge in [0, 0.05) is 49.5 Å². The molecular formula is C17H24N4O2S. The summed E-state index contributed by atoms with van der Waals surface area (Å²) in [5.41, 5.74) is 0. The fraction of sp³-hybridized carbons (Fsp3) is 0.529. The maximum atomic E-state index is 12.9. The lowest BCUT2D eigenvalue weighted by Gasteiger charge is -2.33. The minimum atomic E-state index is 0.0264. The number of carbonyl (C=O) groups excluding carboxylic acids is 1. The Morgan fingerprint density at radius 2 is 2.29 bits per heavy atom. The standard InChI is InChI=1S/C17H24N4O2S/c1-14(20-6-3-4-7-20)11-16(22)21(17-18-5-10-24-17)13-15-12-19(2)8-9-23-15/h3-7,10,14-15H,8-9,11-13H2,1-2H3/t14-,15-/m0/s1. The van der Waals surface area contributed by atoms with Crippen LogP contribution < -0.4 is 4.90 Å². The van der Waals surface area contributed by atoms with Crippen LogP contribution in [0.25, 0.3) is 0 Å². The Labute approximate surface area is 146 Å². The van der Waals surface area contributed by atoms with Gasteiger partial charge in [-0.3, -0.25) is 9.69 Å². The molecule has 6 nitrogen and oxygen atoms in total. The first-order chi connectivity index (χ1) is 11.6. The maximum Gasteiger partial charge on any atom is 0.230 e. The lowest BCUT2D eigenvalue weighted by molar-refractivity contribution is -0.120. The van der Waals surface area contributed by atoms with Crippen LogP contribution in [0.15, 0.2) is 36.1 Å². The molecule has 130 valence electrons. The van der Waals surface area contributed by atoms with Crippen LogP contribution in [0.5, 0.6) is 0 Å². The topological polar surface area (TPSA) is 50.6 Å². The summed E-state index contributed by atoms with van der Waals surface area (Å²) >= 11 is 1.49. The van der Waals surface area contributed by atoms with Crippen molar-refractivity contribution in [3.8, 4) is 0 Å². The molecule has 1 saturated heterocycles. The predicted molar refractivity (Wildman–Crippen MR) is 95.5 cm³/mol. The number of hydrogen-bond acceptors (Lipinski definition) is 5. The van der Waals surface area contributed by atoms with Gasteiger partial charge in [-0.2, -0.15) is 0 Å². The summed E-state index contributed by atoms with van der Waals surface area (Å²) in [4.78, 5) is 21.3. The Kier molecular flexibility index (Phi) is 5.65. The van der Waals surface area contributed by atoms with Gasteiger partial charge in [0.05, 0.1) is 19.3 Å². The van der Waals surface area contributed by atoms with Crippen molar-refractivity contribution in [1.29, 1.82) is 0 Å². The fourth-order valence-corrected chi connectivity index (χ4v) is 3.60. The van der Waals surface area contributed by atoms with E-state index in [1.807, 2.05) is 29.9 Å². The van der Waals surface area contributed by atoms with Crippen molar-refractivity contribution in [2.45, 2.75) is 25.5 Å². The van der Waals surface area contributed by atoms with Gasteiger partial charge in [0.25, 0.3) is 0 Å². The van der Waals surface area contributed by atoms with Gasteiger partial charge >= 0.3 is 0 Å². The Bertz CT molecular complexity index is 629. The summed E-state index contributed by atoms with van der Waals surface area (Å²) in [6, 6.07) is 4.07. The highest BCUT2D eigenvalue weighted by molar-refractivity contribution is 7.13. The third kappa shape index (κ3) is 4.23. The maximum absolute atomic E-state index is 12.9. The fourth-order valence-electron chi connectivity index (χ4n) is 2.93. The van der Waals surface area contributed by atoms with Crippen LogP contribution in [-0.4, -0.2) is 59.8 Å². The average Bonchev–Trinajstić information content (AvgIpc) is 3.25. The van der Waals surface area contributed by atoms with Gasteiger partial charge in [-0.15, -0.1) is 11.3 Å². The van der Waals surface area contributed by atoms with Crippen molar-refractivity contribution >= 4 is 22.4 Å². The number of rotatable bonds is 6. The van der Waals surface area contributed by atoms with E-state index in [1.165, 1.54) is 11.3 Å². The zero-order valence-corrected chi connectivity index (χ0v) is 15.0. The van der Waals surface area contributed by atoms with Crippen molar-refractivity contribution < 1.29 is 9.53 Å². The molecule has 0 aromatic carbocycles. The highest BCUT2D eigenvalue weighted by Gasteiger charge is 2.27. The first-order valence-electron chi connectivity index (χ1n) is 8.26. The largest absolute Gasteiger partial charge is 0.374 e. The van der Waals surface area contributed by atoms with E-state index < -0.39 is 0 Å². The molecule has 1 aliphatic heterocycles. The van der Waals surface area contributed by atoms with Crippen LogP contribution in [0.2, 0.25) is 0 Å². The van der Waals surface area contributed by atoms with Crippen molar-refractivity contribution in [2.75, 3.05) is 38.2 Å². The third-order valence-corrected chi connectivity index (χ3v) is 5.08. The molecule has 7 heteroatoms. The second-order valence-electron chi connectivity index (χ2n) is 6.26. The third-order valence-electron chi connectivity index (χ3n) is 4.29. The molecule has 0 saturated carbocycles. The lowest BCUT2D eigenvalue weighted by Crippen LogP contribution is -2.48. The number of amides is 1. The Balaban J connectivity index is 1.69. The molecule has 0 aliphatic carbocycles. The minimum absolute atomic E-state index is 0.0264. The Morgan fingerprint density at radius 1 is 1.50 bits per heavy atom. The minimum Gasteiger partial charge on any atom is -0.374 e. The summed E-state index contributed by atoms with van der Waals surface area (Å²) < 4.78 is 7.90. The molecule has 2 aromatic rings.